The smallest absolute Gasteiger partial charge is 0.195 e. The van der Waals surface area contributed by atoms with E-state index >= 15 is 0 Å². The minimum Gasteiger partial charge on any atom is -0.385 e. The van der Waals surface area contributed by atoms with Gasteiger partial charge in [0.15, 0.2) is 17.5 Å². The quantitative estimate of drug-likeness (QED) is 0.113. The Hall–Kier alpha value is -3.69. The highest BCUT2D eigenvalue weighted by molar-refractivity contribution is 5.84. The molecule has 0 spiro atoms. The van der Waals surface area contributed by atoms with Gasteiger partial charge in [-0.1, -0.05) is 42.2 Å². The molecule has 0 N–H and O–H groups in total. The molecular weight excluding hydrogens is 471 g/mol. The number of ether oxygens (including phenoxy) is 1. The Kier molecular flexibility index (Phi) is 8.02. The van der Waals surface area contributed by atoms with Gasteiger partial charge in [0.25, 0.3) is 0 Å². The molecule has 1 nitrogen and oxygen atoms in total. The first-order valence-corrected chi connectivity index (χ1v) is 11.5. The van der Waals surface area contributed by atoms with Crippen molar-refractivity contribution in [1.29, 1.82) is 0 Å². The first-order valence-electron chi connectivity index (χ1n) is 11.5. The normalized spacial score (nSPS) is 10.9. The third-order valence-electron chi connectivity index (χ3n) is 5.95. The number of halogens is 5. The summed E-state index contributed by atoms with van der Waals surface area (Å²) in [5.74, 6) is -0.674. The number of methoxy groups -OCH3 is 1. The molecule has 184 valence electrons. The van der Waals surface area contributed by atoms with Gasteiger partial charge in [0.2, 0.25) is 0 Å². The molecule has 0 bridgehead atoms. The Morgan fingerprint density at radius 1 is 0.639 bits per heavy atom. The lowest BCUT2D eigenvalue weighted by Gasteiger charge is -2.07. The Morgan fingerprint density at radius 2 is 1.28 bits per heavy atom. The Labute approximate surface area is 206 Å². The standard InChI is InChI=1S/C30H23F5O/c1-36-14-2-3-19-4-6-20(7-5-19)8-9-22-16-26(31)25(27(32)17-22)13-11-21-10-12-24-23(15-21)18-28(33)30(35)29(24)34/h4-7,10,12,15-18H,2-3,8-9,14H2,1H3. The molecule has 0 unspecified atom stereocenters. The van der Waals surface area contributed by atoms with Crippen LogP contribution in [0.1, 0.15) is 34.2 Å². The van der Waals surface area contributed by atoms with Crippen molar-refractivity contribution in [2.45, 2.75) is 25.7 Å². The molecule has 4 aromatic rings. The highest BCUT2D eigenvalue weighted by Gasteiger charge is 2.14. The SMILES string of the molecule is COCCCc1ccc(CCc2cc(F)c(C#Cc3ccc4c(F)c(F)c(F)cc4c3)c(F)c2)cc1. The van der Waals surface area contributed by atoms with Gasteiger partial charge in [-0.3, -0.25) is 0 Å². The molecule has 0 saturated carbocycles. The lowest BCUT2D eigenvalue weighted by Crippen LogP contribution is -1.98. The number of benzene rings is 4. The minimum absolute atomic E-state index is 0.0949. The molecule has 0 amide bonds. The number of rotatable bonds is 7. The largest absolute Gasteiger partial charge is 0.385 e. The van der Waals surface area contributed by atoms with Gasteiger partial charge in [-0.25, -0.2) is 22.0 Å². The maximum absolute atomic E-state index is 14.6. The summed E-state index contributed by atoms with van der Waals surface area (Å²) < 4.78 is 75.2. The zero-order chi connectivity index (χ0) is 25.7. The first kappa shape index (κ1) is 25.4. The van der Waals surface area contributed by atoms with Crippen LogP contribution in [0.5, 0.6) is 0 Å². The summed E-state index contributed by atoms with van der Waals surface area (Å²) in [6, 6.07) is 15.5. The average molecular weight is 495 g/mol. The van der Waals surface area contributed by atoms with Gasteiger partial charge < -0.3 is 4.74 Å². The Balaban J connectivity index is 1.46. The summed E-state index contributed by atoms with van der Waals surface area (Å²) in [6.07, 6.45) is 2.97. The van der Waals surface area contributed by atoms with Gasteiger partial charge in [-0.2, -0.15) is 0 Å². The molecule has 0 atom stereocenters. The molecular formula is C30H23F5O. The second-order valence-electron chi connectivity index (χ2n) is 8.52. The van der Waals surface area contributed by atoms with E-state index in [0.717, 1.165) is 24.5 Å². The van der Waals surface area contributed by atoms with E-state index in [1.54, 1.807) is 7.11 Å². The number of hydrogen-bond acceptors (Lipinski definition) is 1. The van der Waals surface area contributed by atoms with Crippen molar-refractivity contribution < 1.29 is 26.7 Å². The van der Waals surface area contributed by atoms with Crippen LogP contribution < -0.4 is 0 Å². The van der Waals surface area contributed by atoms with Crippen LogP contribution in [0, 0.1) is 40.9 Å². The molecule has 0 heterocycles. The average Bonchev–Trinajstić information content (AvgIpc) is 2.86. The van der Waals surface area contributed by atoms with Crippen LogP contribution in [0.3, 0.4) is 0 Å². The van der Waals surface area contributed by atoms with Gasteiger partial charge >= 0.3 is 0 Å². The van der Waals surface area contributed by atoms with Crippen LogP contribution in [-0.4, -0.2) is 13.7 Å². The van der Waals surface area contributed by atoms with Gasteiger partial charge in [-0.05, 0) is 78.1 Å². The molecule has 0 aliphatic carbocycles. The molecule has 0 radical (unpaired) electrons. The lowest BCUT2D eigenvalue weighted by atomic mass is 10.0. The summed E-state index contributed by atoms with van der Waals surface area (Å²) in [4.78, 5) is 0. The lowest BCUT2D eigenvalue weighted by molar-refractivity contribution is 0.195. The highest BCUT2D eigenvalue weighted by Crippen LogP contribution is 2.24. The fourth-order valence-electron chi connectivity index (χ4n) is 3.99. The second kappa shape index (κ2) is 11.4. The van der Waals surface area contributed by atoms with Crippen LogP contribution in [0.25, 0.3) is 10.8 Å². The summed E-state index contributed by atoms with van der Waals surface area (Å²) in [5.41, 5.74) is 2.68. The van der Waals surface area contributed by atoms with Gasteiger partial charge in [0.1, 0.15) is 11.6 Å². The number of aryl methyl sites for hydroxylation is 3. The molecule has 0 aliphatic heterocycles. The van der Waals surface area contributed by atoms with E-state index in [-0.39, 0.29) is 16.3 Å². The molecule has 0 fully saturated rings. The molecule has 6 heteroatoms. The van der Waals surface area contributed by atoms with Crippen molar-refractivity contribution in [3.05, 3.63) is 118 Å². The van der Waals surface area contributed by atoms with Crippen LogP contribution in [-0.2, 0) is 24.0 Å². The van der Waals surface area contributed by atoms with Crippen LogP contribution in [0.4, 0.5) is 22.0 Å². The van der Waals surface area contributed by atoms with E-state index in [1.807, 2.05) is 12.1 Å². The van der Waals surface area contributed by atoms with E-state index in [4.69, 9.17) is 4.74 Å². The molecule has 36 heavy (non-hydrogen) atoms. The topological polar surface area (TPSA) is 9.23 Å². The highest BCUT2D eigenvalue weighted by atomic mass is 19.2. The van der Waals surface area contributed by atoms with Crippen molar-refractivity contribution in [3.63, 3.8) is 0 Å². The molecule has 0 aliphatic rings. The fourth-order valence-corrected chi connectivity index (χ4v) is 3.99. The van der Waals surface area contributed by atoms with Crippen LogP contribution in [0.15, 0.2) is 60.7 Å². The third kappa shape index (κ3) is 5.92. The maximum Gasteiger partial charge on any atom is 0.195 e. The van der Waals surface area contributed by atoms with Gasteiger partial charge in [0.05, 0.1) is 5.56 Å². The van der Waals surface area contributed by atoms with Crippen molar-refractivity contribution in [3.8, 4) is 11.8 Å². The van der Waals surface area contributed by atoms with E-state index in [0.29, 0.717) is 25.0 Å². The second-order valence-corrected chi connectivity index (χ2v) is 8.52. The van der Waals surface area contributed by atoms with Crippen LogP contribution in [0.2, 0.25) is 0 Å². The molecule has 0 aromatic heterocycles. The zero-order valence-corrected chi connectivity index (χ0v) is 19.6. The summed E-state index contributed by atoms with van der Waals surface area (Å²) >= 11 is 0. The predicted molar refractivity (Wildman–Crippen MR) is 130 cm³/mol. The molecule has 4 aromatic carbocycles. The van der Waals surface area contributed by atoms with Crippen molar-refractivity contribution in [1.82, 2.24) is 0 Å². The van der Waals surface area contributed by atoms with Gasteiger partial charge in [-0.15, -0.1) is 0 Å². The van der Waals surface area contributed by atoms with E-state index in [9.17, 15) is 22.0 Å². The zero-order valence-electron chi connectivity index (χ0n) is 19.6. The molecule has 4 rings (SSSR count). The van der Waals surface area contributed by atoms with E-state index in [2.05, 4.69) is 24.0 Å². The minimum atomic E-state index is -1.56. The monoisotopic (exact) mass is 494 g/mol. The van der Waals surface area contributed by atoms with Crippen molar-refractivity contribution >= 4 is 10.8 Å². The summed E-state index contributed by atoms with van der Waals surface area (Å²) in [5, 5.41) is -0.0144. The fraction of sp³-hybridized carbons (Fsp3) is 0.200. The maximum atomic E-state index is 14.6. The van der Waals surface area contributed by atoms with E-state index < -0.39 is 34.6 Å². The van der Waals surface area contributed by atoms with Crippen molar-refractivity contribution in [2.75, 3.05) is 13.7 Å². The Morgan fingerprint density at radius 3 is 1.94 bits per heavy atom. The third-order valence-corrected chi connectivity index (χ3v) is 5.95. The summed E-state index contributed by atoms with van der Waals surface area (Å²) in [6.45, 7) is 0.711. The predicted octanol–water partition coefficient (Wildman–Crippen LogP) is 7.30. The first-order chi connectivity index (χ1) is 17.4. The number of fused-ring (bicyclic) bond motifs is 1. The van der Waals surface area contributed by atoms with E-state index in [1.165, 1.54) is 35.9 Å². The number of hydrogen-bond donors (Lipinski definition) is 0. The molecule has 0 saturated heterocycles. The Bertz CT molecular complexity index is 1430. The van der Waals surface area contributed by atoms with Gasteiger partial charge in [0, 0.05) is 24.7 Å². The van der Waals surface area contributed by atoms with Crippen LogP contribution >= 0.6 is 0 Å². The summed E-state index contributed by atoms with van der Waals surface area (Å²) in [7, 11) is 1.68. The van der Waals surface area contributed by atoms with Crippen molar-refractivity contribution in [2.24, 2.45) is 0 Å².